The maximum absolute atomic E-state index is 12.8. The number of hydrogen-bond acceptors (Lipinski definition) is 4. The van der Waals surface area contributed by atoms with Crippen LogP contribution in [0.5, 0.6) is 0 Å². The highest BCUT2D eigenvalue weighted by atomic mass is 16.5. The summed E-state index contributed by atoms with van der Waals surface area (Å²) in [6.07, 6.45) is 0.258. The Hall–Kier alpha value is -2.41. The molecule has 0 radical (unpaired) electrons. The Balaban J connectivity index is 1.73. The SMILES string of the molecule is CNC(=O)C[C@@H]1CN(C(=O)Cn2c(C)nc3ccccc32)C[C@@H]1OC. The molecule has 25 heavy (non-hydrogen) atoms. The fourth-order valence-electron chi connectivity index (χ4n) is 3.48. The normalized spacial score (nSPS) is 20.2. The maximum Gasteiger partial charge on any atom is 0.242 e. The molecule has 0 unspecified atom stereocenters. The summed E-state index contributed by atoms with van der Waals surface area (Å²) in [7, 11) is 3.25. The van der Waals surface area contributed by atoms with E-state index in [1.165, 1.54) is 0 Å². The summed E-state index contributed by atoms with van der Waals surface area (Å²) in [6, 6.07) is 7.80. The Morgan fingerprint density at radius 1 is 1.32 bits per heavy atom. The van der Waals surface area contributed by atoms with Crippen molar-refractivity contribution in [2.75, 3.05) is 27.2 Å². The smallest absolute Gasteiger partial charge is 0.242 e. The van der Waals surface area contributed by atoms with Gasteiger partial charge in [-0.05, 0) is 19.1 Å². The molecule has 0 saturated carbocycles. The summed E-state index contributed by atoms with van der Waals surface area (Å²) in [6.45, 7) is 3.21. The van der Waals surface area contributed by atoms with Crippen molar-refractivity contribution in [2.45, 2.75) is 26.0 Å². The van der Waals surface area contributed by atoms with Crippen LogP contribution in [0.2, 0.25) is 0 Å². The Morgan fingerprint density at radius 3 is 2.80 bits per heavy atom. The van der Waals surface area contributed by atoms with Crippen LogP contribution in [-0.4, -0.2) is 59.6 Å². The molecular weight excluding hydrogens is 320 g/mol. The van der Waals surface area contributed by atoms with Gasteiger partial charge < -0.3 is 19.5 Å². The number of aromatic nitrogens is 2. The number of nitrogens with one attached hydrogen (secondary N) is 1. The van der Waals surface area contributed by atoms with Crippen LogP contribution in [0.4, 0.5) is 0 Å². The second kappa shape index (κ2) is 7.23. The quantitative estimate of drug-likeness (QED) is 0.876. The minimum absolute atomic E-state index is 0.0210. The number of nitrogens with zero attached hydrogens (tertiary/aromatic N) is 3. The van der Waals surface area contributed by atoms with Crippen molar-refractivity contribution in [2.24, 2.45) is 5.92 Å². The van der Waals surface area contributed by atoms with E-state index in [2.05, 4.69) is 10.3 Å². The molecule has 1 fully saturated rings. The Kier molecular flexibility index (Phi) is 5.03. The van der Waals surface area contributed by atoms with E-state index in [0.717, 1.165) is 16.9 Å². The van der Waals surface area contributed by atoms with Crippen LogP contribution in [0.1, 0.15) is 12.2 Å². The van der Waals surface area contributed by atoms with Gasteiger partial charge in [0.15, 0.2) is 0 Å². The molecule has 0 bridgehead atoms. The molecule has 0 spiro atoms. The fourth-order valence-corrected chi connectivity index (χ4v) is 3.48. The average molecular weight is 344 g/mol. The minimum Gasteiger partial charge on any atom is -0.379 e. The highest BCUT2D eigenvalue weighted by Gasteiger charge is 2.36. The van der Waals surface area contributed by atoms with E-state index < -0.39 is 0 Å². The molecule has 1 aromatic carbocycles. The van der Waals surface area contributed by atoms with Crippen LogP contribution >= 0.6 is 0 Å². The van der Waals surface area contributed by atoms with Crippen molar-refractivity contribution < 1.29 is 14.3 Å². The van der Waals surface area contributed by atoms with Gasteiger partial charge in [-0.25, -0.2) is 4.98 Å². The van der Waals surface area contributed by atoms with Gasteiger partial charge in [0.1, 0.15) is 12.4 Å². The number of imidazole rings is 1. The molecule has 1 saturated heterocycles. The van der Waals surface area contributed by atoms with Crippen molar-refractivity contribution in [3.05, 3.63) is 30.1 Å². The summed E-state index contributed by atoms with van der Waals surface area (Å²) >= 11 is 0. The zero-order chi connectivity index (χ0) is 18.0. The zero-order valence-corrected chi connectivity index (χ0v) is 14.9. The standard InChI is InChI=1S/C18H24N4O3/c1-12-20-14-6-4-5-7-15(14)22(12)11-18(24)21-9-13(8-17(23)19-2)16(10-21)25-3/h4-7,13,16H,8-11H2,1-3H3,(H,19,23)/t13-,16+/m1/s1. The molecule has 2 heterocycles. The van der Waals surface area contributed by atoms with Crippen LogP contribution in [0.15, 0.2) is 24.3 Å². The third-order valence-corrected chi connectivity index (χ3v) is 4.90. The molecule has 2 aromatic rings. The van der Waals surface area contributed by atoms with Crippen LogP contribution in [0.25, 0.3) is 11.0 Å². The molecule has 7 nitrogen and oxygen atoms in total. The number of carbonyl (C=O) groups is 2. The first-order valence-electron chi connectivity index (χ1n) is 8.46. The first-order valence-corrected chi connectivity index (χ1v) is 8.46. The van der Waals surface area contributed by atoms with E-state index >= 15 is 0 Å². The monoisotopic (exact) mass is 344 g/mol. The van der Waals surface area contributed by atoms with Gasteiger partial charge in [0.2, 0.25) is 11.8 Å². The van der Waals surface area contributed by atoms with Gasteiger partial charge in [-0.2, -0.15) is 0 Å². The van der Waals surface area contributed by atoms with E-state index in [4.69, 9.17) is 4.74 Å². The molecule has 134 valence electrons. The molecular formula is C18H24N4O3. The number of aryl methyl sites for hydroxylation is 1. The second-order valence-electron chi connectivity index (χ2n) is 6.44. The number of hydrogen-bond donors (Lipinski definition) is 1. The molecule has 1 aromatic heterocycles. The van der Waals surface area contributed by atoms with Gasteiger partial charge in [-0.3, -0.25) is 9.59 Å². The third kappa shape index (κ3) is 3.51. The number of fused-ring (bicyclic) bond motifs is 1. The summed E-state index contributed by atoms with van der Waals surface area (Å²) in [5, 5.41) is 2.63. The highest BCUT2D eigenvalue weighted by molar-refractivity contribution is 5.81. The van der Waals surface area contributed by atoms with Crippen molar-refractivity contribution in [1.82, 2.24) is 19.8 Å². The number of rotatable bonds is 5. The van der Waals surface area contributed by atoms with Crippen molar-refractivity contribution in [3.8, 4) is 0 Å². The Labute approximate surface area is 147 Å². The number of para-hydroxylation sites is 2. The third-order valence-electron chi connectivity index (χ3n) is 4.90. The molecule has 3 rings (SSSR count). The zero-order valence-electron chi connectivity index (χ0n) is 14.9. The lowest BCUT2D eigenvalue weighted by Gasteiger charge is -2.17. The lowest BCUT2D eigenvalue weighted by Crippen LogP contribution is -2.33. The van der Waals surface area contributed by atoms with Gasteiger partial charge >= 0.3 is 0 Å². The predicted octanol–water partition coefficient (Wildman–Crippen LogP) is 0.954. The number of benzene rings is 1. The average Bonchev–Trinajstić information content (AvgIpc) is 3.16. The lowest BCUT2D eigenvalue weighted by atomic mass is 10.0. The topological polar surface area (TPSA) is 76.5 Å². The van der Waals surface area contributed by atoms with E-state index in [1.54, 1.807) is 19.1 Å². The van der Waals surface area contributed by atoms with E-state index in [1.807, 2.05) is 35.8 Å². The van der Waals surface area contributed by atoms with E-state index in [0.29, 0.717) is 19.5 Å². The number of likely N-dealkylation sites (tertiary alicyclic amines) is 1. The molecule has 2 atom stereocenters. The number of amides is 2. The largest absolute Gasteiger partial charge is 0.379 e. The maximum atomic E-state index is 12.8. The molecule has 1 N–H and O–H groups in total. The summed E-state index contributed by atoms with van der Waals surface area (Å²) in [5.74, 6) is 0.832. The number of carbonyl (C=O) groups excluding carboxylic acids is 2. The highest BCUT2D eigenvalue weighted by Crippen LogP contribution is 2.24. The van der Waals surface area contributed by atoms with Gasteiger partial charge in [0.25, 0.3) is 0 Å². The van der Waals surface area contributed by atoms with Crippen LogP contribution in [-0.2, 0) is 20.9 Å². The van der Waals surface area contributed by atoms with Crippen LogP contribution in [0.3, 0.4) is 0 Å². The van der Waals surface area contributed by atoms with Gasteiger partial charge in [-0.1, -0.05) is 12.1 Å². The molecule has 2 amide bonds. The Bertz CT molecular complexity index is 786. The summed E-state index contributed by atoms with van der Waals surface area (Å²) < 4.78 is 7.42. The molecule has 0 aliphatic carbocycles. The van der Waals surface area contributed by atoms with Gasteiger partial charge in [-0.15, -0.1) is 0 Å². The van der Waals surface area contributed by atoms with Crippen LogP contribution in [0, 0.1) is 12.8 Å². The minimum atomic E-state index is -0.109. The second-order valence-corrected chi connectivity index (χ2v) is 6.44. The first kappa shape index (κ1) is 17.4. The van der Waals surface area contributed by atoms with E-state index in [-0.39, 0.29) is 30.4 Å². The van der Waals surface area contributed by atoms with E-state index in [9.17, 15) is 9.59 Å². The van der Waals surface area contributed by atoms with Crippen molar-refractivity contribution in [3.63, 3.8) is 0 Å². The number of methoxy groups -OCH3 is 1. The molecule has 1 aliphatic rings. The summed E-state index contributed by atoms with van der Waals surface area (Å²) in [5.41, 5.74) is 1.85. The predicted molar refractivity (Wildman–Crippen MR) is 94.0 cm³/mol. The Morgan fingerprint density at radius 2 is 2.08 bits per heavy atom. The number of ether oxygens (including phenoxy) is 1. The van der Waals surface area contributed by atoms with Crippen molar-refractivity contribution in [1.29, 1.82) is 0 Å². The molecule has 1 aliphatic heterocycles. The van der Waals surface area contributed by atoms with Gasteiger partial charge in [0, 0.05) is 39.6 Å². The lowest BCUT2D eigenvalue weighted by molar-refractivity contribution is -0.131. The molecule has 7 heteroatoms. The van der Waals surface area contributed by atoms with Gasteiger partial charge in [0.05, 0.1) is 17.1 Å². The van der Waals surface area contributed by atoms with Crippen LogP contribution < -0.4 is 5.32 Å². The first-order chi connectivity index (χ1) is 12.0. The van der Waals surface area contributed by atoms with Crippen molar-refractivity contribution >= 4 is 22.8 Å². The fraction of sp³-hybridized carbons (Fsp3) is 0.500. The summed E-state index contributed by atoms with van der Waals surface area (Å²) in [4.78, 5) is 30.8.